The van der Waals surface area contributed by atoms with E-state index >= 15 is 0 Å². The summed E-state index contributed by atoms with van der Waals surface area (Å²) < 4.78 is 57.3. The van der Waals surface area contributed by atoms with Crippen molar-refractivity contribution in [1.82, 2.24) is 4.31 Å². The number of carboxylic acids is 1. The second-order valence-corrected chi connectivity index (χ2v) is 7.52. The lowest BCUT2D eigenvalue weighted by molar-refractivity contribution is -0.157. The van der Waals surface area contributed by atoms with Crippen LogP contribution in [0.1, 0.15) is 22.8 Å². The Labute approximate surface area is 132 Å². The Balaban J connectivity index is 2.39. The van der Waals surface area contributed by atoms with Gasteiger partial charge in [-0.05, 0) is 31.5 Å². The summed E-state index contributed by atoms with van der Waals surface area (Å²) in [7, 11) is -4.08. The number of alkyl halides is 2. The maximum absolute atomic E-state index is 13.1. The normalized spacial score (nSPS) is 23.2. The molecule has 1 aromatic rings. The van der Waals surface area contributed by atoms with E-state index in [4.69, 9.17) is 9.84 Å². The van der Waals surface area contributed by atoms with Gasteiger partial charge in [-0.15, -0.1) is 0 Å². The summed E-state index contributed by atoms with van der Waals surface area (Å²) in [6.07, 6.45) is -2.84. The highest BCUT2D eigenvalue weighted by atomic mass is 32.2. The molecule has 0 aliphatic carbocycles. The quantitative estimate of drug-likeness (QED) is 0.895. The number of hydrogen-bond acceptors (Lipinski definition) is 4. The van der Waals surface area contributed by atoms with Gasteiger partial charge in [0.15, 0.2) is 0 Å². The van der Waals surface area contributed by atoms with Crippen molar-refractivity contribution in [1.29, 1.82) is 0 Å². The summed E-state index contributed by atoms with van der Waals surface area (Å²) in [5, 5.41) is 9.09. The van der Waals surface area contributed by atoms with E-state index in [0.29, 0.717) is 5.56 Å². The highest BCUT2D eigenvalue weighted by molar-refractivity contribution is 7.89. The molecule has 0 bridgehead atoms. The summed E-state index contributed by atoms with van der Waals surface area (Å²) in [5.41, 5.74) is -1.61. The van der Waals surface area contributed by atoms with Gasteiger partial charge in [-0.1, -0.05) is 6.07 Å². The molecule has 1 unspecified atom stereocenters. The molecule has 1 atom stereocenters. The van der Waals surface area contributed by atoms with Crippen LogP contribution in [-0.4, -0.2) is 55.5 Å². The van der Waals surface area contributed by atoms with Crippen LogP contribution in [0.3, 0.4) is 0 Å². The van der Waals surface area contributed by atoms with Crippen molar-refractivity contribution >= 4 is 16.0 Å². The molecule has 0 spiro atoms. The average Bonchev–Trinajstić information content (AvgIpc) is 2.47. The van der Waals surface area contributed by atoms with Gasteiger partial charge in [0, 0.05) is 13.1 Å². The number of aromatic carboxylic acids is 1. The summed E-state index contributed by atoms with van der Waals surface area (Å²) in [5.74, 6) is -1.25. The Kier molecular flexibility index (Phi) is 4.74. The van der Waals surface area contributed by atoms with Gasteiger partial charge in [-0.25, -0.2) is 22.0 Å². The Morgan fingerprint density at radius 3 is 2.65 bits per heavy atom. The van der Waals surface area contributed by atoms with Crippen molar-refractivity contribution in [2.45, 2.75) is 30.8 Å². The molecule has 6 nitrogen and oxygen atoms in total. The molecule has 9 heteroatoms. The molecule has 1 aromatic carbocycles. The Morgan fingerprint density at radius 1 is 1.43 bits per heavy atom. The third-order valence-corrected chi connectivity index (χ3v) is 5.64. The molecular formula is C14H17F2NO5S. The number of rotatable bonds is 4. The van der Waals surface area contributed by atoms with E-state index < -0.39 is 34.6 Å². The van der Waals surface area contributed by atoms with E-state index in [1.165, 1.54) is 12.1 Å². The zero-order chi connectivity index (χ0) is 17.4. The van der Waals surface area contributed by atoms with Crippen molar-refractivity contribution in [3.05, 3.63) is 29.3 Å². The molecule has 1 fully saturated rings. The van der Waals surface area contributed by atoms with Crippen molar-refractivity contribution in [2.75, 3.05) is 19.7 Å². The Morgan fingerprint density at radius 2 is 2.09 bits per heavy atom. The minimum absolute atomic E-state index is 0.0685. The number of carboxylic acid groups (broad SMARTS) is 1. The first-order valence-corrected chi connectivity index (χ1v) is 8.28. The van der Waals surface area contributed by atoms with Crippen molar-refractivity contribution in [3.63, 3.8) is 0 Å². The largest absolute Gasteiger partial charge is 0.478 e. The zero-order valence-electron chi connectivity index (χ0n) is 12.6. The van der Waals surface area contributed by atoms with Crippen LogP contribution in [0.4, 0.5) is 8.78 Å². The Hall–Kier alpha value is -1.58. The van der Waals surface area contributed by atoms with Crippen LogP contribution in [0.25, 0.3) is 0 Å². The second-order valence-electron chi connectivity index (χ2n) is 5.58. The molecule has 128 valence electrons. The molecule has 0 radical (unpaired) electrons. The lowest BCUT2D eigenvalue weighted by Crippen LogP contribution is -2.55. The summed E-state index contributed by atoms with van der Waals surface area (Å²) in [4.78, 5) is 10.9. The van der Waals surface area contributed by atoms with Gasteiger partial charge in [-0.3, -0.25) is 0 Å². The van der Waals surface area contributed by atoms with Gasteiger partial charge < -0.3 is 9.84 Å². The molecule has 23 heavy (non-hydrogen) atoms. The smallest absolute Gasteiger partial charge is 0.335 e. The first-order valence-electron chi connectivity index (χ1n) is 6.84. The summed E-state index contributed by atoms with van der Waals surface area (Å²) in [6.45, 7) is 1.97. The van der Waals surface area contributed by atoms with Crippen molar-refractivity contribution in [3.8, 4) is 0 Å². The SMILES string of the molecule is Cc1ccc(S(=O)(=O)N2CCOC(C)(C(F)F)C2)cc1C(=O)O. The number of aryl methyl sites for hydroxylation is 1. The van der Waals surface area contributed by atoms with E-state index in [2.05, 4.69) is 0 Å². The highest BCUT2D eigenvalue weighted by Gasteiger charge is 2.44. The second kappa shape index (κ2) is 6.14. The van der Waals surface area contributed by atoms with Crippen LogP contribution in [0, 0.1) is 6.92 Å². The van der Waals surface area contributed by atoms with Crippen molar-refractivity contribution < 1.29 is 31.8 Å². The molecule has 0 saturated carbocycles. The summed E-state index contributed by atoms with van der Waals surface area (Å²) in [6, 6.07) is 3.69. The predicted molar refractivity (Wildman–Crippen MR) is 77.3 cm³/mol. The molecular weight excluding hydrogens is 332 g/mol. The lowest BCUT2D eigenvalue weighted by atomic mass is 10.1. The number of morpholine rings is 1. The third kappa shape index (κ3) is 3.36. The average molecular weight is 349 g/mol. The predicted octanol–water partition coefficient (Wildman–Crippen LogP) is 1.74. The zero-order valence-corrected chi connectivity index (χ0v) is 13.4. The number of nitrogens with zero attached hydrogens (tertiary/aromatic N) is 1. The lowest BCUT2D eigenvalue weighted by Gasteiger charge is -2.39. The maximum atomic E-state index is 13.1. The van der Waals surface area contributed by atoms with E-state index in [-0.39, 0.29) is 23.6 Å². The van der Waals surface area contributed by atoms with Crippen LogP contribution in [-0.2, 0) is 14.8 Å². The summed E-state index contributed by atoms with van der Waals surface area (Å²) >= 11 is 0. The van der Waals surface area contributed by atoms with Gasteiger partial charge in [0.2, 0.25) is 10.0 Å². The van der Waals surface area contributed by atoms with E-state index in [1.54, 1.807) is 6.92 Å². The number of ether oxygens (including phenoxy) is 1. The number of benzene rings is 1. The molecule has 1 aliphatic rings. The molecule has 0 aromatic heterocycles. The van der Waals surface area contributed by atoms with Crippen LogP contribution in [0.5, 0.6) is 0 Å². The number of carbonyl (C=O) groups is 1. The number of sulfonamides is 1. The molecule has 0 amide bonds. The molecule has 1 saturated heterocycles. The van der Waals surface area contributed by atoms with Crippen LogP contribution in [0.15, 0.2) is 23.1 Å². The fourth-order valence-electron chi connectivity index (χ4n) is 2.33. The molecule has 2 rings (SSSR count). The fraction of sp³-hybridized carbons (Fsp3) is 0.500. The van der Waals surface area contributed by atoms with Crippen LogP contribution in [0.2, 0.25) is 0 Å². The van der Waals surface area contributed by atoms with Gasteiger partial charge in [0.05, 0.1) is 17.1 Å². The first kappa shape index (κ1) is 17.8. The topological polar surface area (TPSA) is 83.9 Å². The Bertz CT molecular complexity index is 722. The first-order chi connectivity index (χ1) is 10.6. The monoisotopic (exact) mass is 349 g/mol. The van der Waals surface area contributed by atoms with Crippen LogP contribution >= 0.6 is 0 Å². The minimum Gasteiger partial charge on any atom is -0.478 e. The van der Waals surface area contributed by atoms with Crippen LogP contribution < -0.4 is 0 Å². The number of halogens is 2. The fourth-order valence-corrected chi connectivity index (χ4v) is 3.88. The van der Waals surface area contributed by atoms with E-state index in [9.17, 15) is 22.0 Å². The van der Waals surface area contributed by atoms with Gasteiger partial charge >= 0.3 is 5.97 Å². The third-order valence-electron chi connectivity index (χ3n) is 3.80. The minimum atomic E-state index is -4.08. The van der Waals surface area contributed by atoms with Crippen molar-refractivity contribution in [2.24, 2.45) is 0 Å². The molecule has 1 N–H and O–H groups in total. The van der Waals surface area contributed by atoms with E-state index in [0.717, 1.165) is 17.3 Å². The molecule has 1 aliphatic heterocycles. The standard InChI is InChI=1S/C14H17F2NO5S/c1-9-3-4-10(7-11(9)12(18)19)23(20,21)17-5-6-22-14(2,8-17)13(15)16/h3-4,7,13H,5-6,8H2,1-2H3,(H,18,19). The van der Waals surface area contributed by atoms with Gasteiger partial charge in [0.1, 0.15) is 5.60 Å². The van der Waals surface area contributed by atoms with E-state index in [1.807, 2.05) is 0 Å². The van der Waals surface area contributed by atoms with Gasteiger partial charge in [-0.2, -0.15) is 4.31 Å². The molecule has 1 heterocycles. The number of hydrogen-bond donors (Lipinski definition) is 1. The van der Waals surface area contributed by atoms with Gasteiger partial charge in [0.25, 0.3) is 6.43 Å². The maximum Gasteiger partial charge on any atom is 0.335 e. The highest BCUT2D eigenvalue weighted by Crippen LogP contribution is 2.29.